The third kappa shape index (κ3) is 2.60. The van der Waals surface area contributed by atoms with Crippen LogP contribution in [-0.2, 0) is 16.0 Å². The van der Waals surface area contributed by atoms with Gasteiger partial charge in [0.05, 0.1) is 12.5 Å². The van der Waals surface area contributed by atoms with Gasteiger partial charge in [0.2, 0.25) is 0 Å². The first-order chi connectivity index (χ1) is 8.22. The molecule has 1 heterocycles. The first kappa shape index (κ1) is 12.0. The van der Waals surface area contributed by atoms with Crippen molar-refractivity contribution in [3.63, 3.8) is 0 Å². The molecule has 0 saturated carbocycles. The molecule has 1 aromatic rings. The zero-order chi connectivity index (χ0) is 12.3. The summed E-state index contributed by atoms with van der Waals surface area (Å²) in [6.07, 6.45) is 1.64. The highest BCUT2D eigenvalue weighted by atomic mass is 16.5. The Bertz CT molecular complexity index is 403. The molecule has 1 aliphatic heterocycles. The Balaban J connectivity index is 2.09. The van der Waals surface area contributed by atoms with E-state index >= 15 is 0 Å². The average Bonchev–Trinajstić information content (AvgIpc) is 2.35. The molecular formula is C14H19NO2. The summed E-state index contributed by atoms with van der Waals surface area (Å²) in [4.78, 5) is 11.9. The number of nitrogens with one attached hydrogen (secondary N) is 1. The minimum Gasteiger partial charge on any atom is -0.465 e. The number of carbonyl (C=O) groups is 1. The van der Waals surface area contributed by atoms with Crippen molar-refractivity contribution in [1.82, 2.24) is 0 Å². The summed E-state index contributed by atoms with van der Waals surface area (Å²) >= 11 is 0. The van der Waals surface area contributed by atoms with E-state index in [9.17, 15) is 4.79 Å². The number of carbonyl (C=O) groups excluding carboxylic acids is 1. The van der Waals surface area contributed by atoms with E-state index in [0.717, 1.165) is 18.5 Å². The molecule has 3 nitrogen and oxygen atoms in total. The van der Waals surface area contributed by atoms with Crippen LogP contribution < -0.4 is 5.32 Å². The van der Waals surface area contributed by atoms with Gasteiger partial charge in [0, 0.05) is 11.7 Å². The minimum atomic E-state index is -0.0821. The summed E-state index contributed by atoms with van der Waals surface area (Å²) in [6, 6.07) is 8.27. The van der Waals surface area contributed by atoms with Gasteiger partial charge in [-0.3, -0.25) is 4.79 Å². The van der Waals surface area contributed by atoms with Crippen molar-refractivity contribution in [3.05, 3.63) is 29.8 Å². The van der Waals surface area contributed by atoms with Crippen molar-refractivity contribution >= 4 is 11.7 Å². The number of anilines is 1. The van der Waals surface area contributed by atoms with E-state index in [1.54, 1.807) is 0 Å². The summed E-state index contributed by atoms with van der Waals surface area (Å²) in [7, 11) is 0. The van der Waals surface area contributed by atoms with Gasteiger partial charge in [-0.2, -0.15) is 0 Å². The summed E-state index contributed by atoms with van der Waals surface area (Å²) in [6.45, 7) is 4.56. The van der Waals surface area contributed by atoms with Crippen LogP contribution in [0.25, 0.3) is 0 Å². The lowest BCUT2D eigenvalue weighted by atomic mass is 9.88. The fraction of sp³-hybridized carbons (Fsp3) is 0.500. The Hall–Kier alpha value is -1.51. The Morgan fingerprint density at radius 1 is 1.47 bits per heavy atom. The number of rotatable bonds is 3. The normalized spacial score (nSPS) is 22.5. The molecule has 2 rings (SSSR count). The van der Waals surface area contributed by atoms with Crippen LogP contribution >= 0.6 is 0 Å². The zero-order valence-corrected chi connectivity index (χ0v) is 10.4. The number of benzene rings is 1. The first-order valence-electron chi connectivity index (χ1n) is 6.23. The molecule has 0 fully saturated rings. The van der Waals surface area contributed by atoms with Gasteiger partial charge < -0.3 is 10.1 Å². The van der Waals surface area contributed by atoms with Crippen molar-refractivity contribution < 1.29 is 9.53 Å². The molecule has 0 spiro atoms. The van der Waals surface area contributed by atoms with E-state index < -0.39 is 0 Å². The van der Waals surface area contributed by atoms with Crippen molar-refractivity contribution in [2.24, 2.45) is 5.92 Å². The predicted octanol–water partition coefficient (Wildman–Crippen LogP) is 2.61. The summed E-state index contributed by atoms with van der Waals surface area (Å²) in [5, 5.41) is 3.37. The van der Waals surface area contributed by atoms with Crippen LogP contribution in [0, 0.1) is 5.92 Å². The maximum Gasteiger partial charge on any atom is 0.311 e. The van der Waals surface area contributed by atoms with E-state index in [-0.39, 0.29) is 17.9 Å². The lowest BCUT2D eigenvalue weighted by Gasteiger charge is -2.30. The van der Waals surface area contributed by atoms with Crippen molar-refractivity contribution in [3.8, 4) is 0 Å². The topological polar surface area (TPSA) is 38.3 Å². The largest absolute Gasteiger partial charge is 0.465 e. The quantitative estimate of drug-likeness (QED) is 0.816. The van der Waals surface area contributed by atoms with Gasteiger partial charge in [-0.05, 0) is 31.4 Å². The highest BCUT2D eigenvalue weighted by Crippen LogP contribution is 2.28. The van der Waals surface area contributed by atoms with Gasteiger partial charge >= 0.3 is 5.97 Å². The van der Waals surface area contributed by atoms with Crippen LogP contribution in [0.2, 0.25) is 0 Å². The maximum absolute atomic E-state index is 11.9. The van der Waals surface area contributed by atoms with Crippen LogP contribution in [0.15, 0.2) is 24.3 Å². The van der Waals surface area contributed by atoms with Gasteiger partial charge in [-0.1, -0.05) is 25.1 Å². The second kappa shape index (κ2) is 5.21. The lowest BCUT2D eigenvalue weighted by molar-refractivity contribution is -0.149. The molecular weight excluding hydrogens is 214 g/mol. The third-order valence-corrected chi connectivity index (χ3v) is 3.20. The van der Waals surface area contributed by atoms with Gasteiger partial charge in [0.25, 0.3) is 0 Å². The smallest absolute Gasteiger partial charge is 0.311 e. The Kier molecular flexibility index (Phi) is 3.67. The van der Waals surface area contributed by atoms with E-state index in [1.807, 2.05) is 26.0 Å². The molecule has 1 aromatic carbocycles. The fourth-order valence-electron chi connectivity index (χ4n) is 2.20. The second-order valence-corrected chi connectivity index (χ2v) is 4.57. The number of esters is 1. The summed E-state index contributed by atoms with van der Waals surface area (Å²) in [5.41, 5.74) is 2.34. The van der Waals surface area contributed by atoms with Crippen molar-refractivity contribution in [1.29, 1.82) is 0 Å². The Morgan fingerprint density at radius 2 is 2.24 bits per heavy atom. The minimum absolute atomic E-state index is 0.0727. The number of para-hydroxylation sites is 1. The molecule has 1 N–H and O–H groups in total. The molecule has 17 heavy (non-hydrogen) atoms. The number of fused-ring (bicyclic) bond motifs is 1. The summed E-state index contributed by atoms with van der Waals surface area (Å²) < 4.78 is 5.24. The fourth-order valence-corrected chi connectivity index (χ4v) is 2.20. The van der Waals surface area contributed by atoms with E-state index in [0.29, 0.717) is 6.61 Å². The monoisotopic (exact) mass is 233 g/mol. The van der Waals surface area contributed by atoms with Crippen LogP contribution in [0.4, 0.5) is 5.69 Å². The molecule has 0 radical (unpaired) electrons. The number of hydrogen-bond donors (Lipinski definition) is 1. The SMILES string of the molecule is CCCOC(=O)[C@@H]1Cc2ccccc2N[C@@H]1C. The number of hydrogen-bond acceptors (Lipinski definition) is 3. The standard InChI is InChI=1S/C14H19NO2/c1-3-8-17-14(16)12-9-11-6-4-5-7-13(11)15-10(12)2/h4-7,10,12,15H,3,8-9H2,1-2H3/t10-,12-/m1/s1. The molecule has 0 aromatic heterocycles. The lowest BCUT2D eigenvalue weighted by Crippen LogP contribution is -2.38. The van der Waals surface area contributed by atoms with Crippen LogP contribution in [0.3, 0.4) is 0 Å². The third-order valence-electron chi connectivity index (χ3n) is 3.20. The molecule has 0 bridgehead atoms. The Morgan fingerprint density at radius 3 is 3.00 bits per heavy atom. The van der Waals surface area contributed by atoms with Crippen molar-refractivity contribution in [2.75, 3.05) is 11.9 Å². The molecule has 0 unspecified atom stereocenters. The molecule has 1 aliphatic rings. The van der Waals surface area contributed by atoms with Gasteiger partial charge in [-0.25, -0.2) is 0 Å². The first-order valence-corrected chi connectivity index (χ1v) is 6.23. The average molecular weight is 233 g/mol. The van der Waals surface area contributed by atoms with Crippen molar-refractivity contribution in [2.45, 2.75) is 32.7 Å². The highest BCUT2D eigenvalue weighted by molar-refractivity contribution is 5.76. The van der Waals surface area contributed by atoms with Gasteiger partial charge in [-0.15, -0.1) is 0 Å². The molecule has 0 amide bonds. The van der Waals surface area contributed by atoms with E-state index in [1.165, 1.54) is 5.56 Å². The molecule has 2 atom stereocenters. The molecule has 92 valence electrons. The molecule has 0 saturated heterocycles. The van der Waals surface area contributed by atoms with Crippen LogP contribution in [0.5, 0.6) is 0 Å². The molecule has 0 aliphatic carbocycles. The zero-order valence-electron chi connectivity index (χ0n) is 10.4. The van der Waals surface area contributed by atoms with Gasteiger partial charge in [0.15, 0.2) is 0 Å². The second-order valence-electron chi connectivity index (χ2n) is 4.57. The van der Waals surface area contributed by atoms with Crippen LogP contribution in [-0.4, -0.2) is 18.6 Å². The Labute approximate surface area is 102 Å². The van der Waals surface area contributed by atoms with E-state index in [2.05, 4.69) is 17.4 Å². The maximum atomic E-state index is 11.9. The molecule has 3 heteroatoms. The van der Waals surface area contributed by atoms with E-state index in [4.69, 9.17) is 4.74 Å². The number of ether oxygens (including phenoxy) is 1. The van der Waals surface area contributed by atoms with Gasteiger partial charge in [0.1, 0.15) is 0 Å². The predicted molar refractivity (Wildman–Crippen MR) is 68.0 cm³/mol. The highest BCUT2D eigenvalue weighted by Gasteiger charge is 2.31. The summed E-state index contributed by atoms with van der Waals surface area (Å²) in [5.74, 6) is -0.155. The van der Waals surface area contributed by atoms with Crippen LogP contribution in [0.1, 0.15) is 25.8 Å².